The highest BCUT2D eigenvalue weighted by Crippen LogP contribution is 2.21. The van der Waals surface area contributed by atoms with Gasteiger partial charge in [-0.15, -0.1) is 0 Å². The molecule has 3 aromatic rings. The molecule has 5 nitrogen and oxygen atoms in total. The fourth-order valence-corrected chi connectivity index (χ4v) is 3.97. The molecule has 29 heavy (non-hydrogen) atoms. The molecule has 1 amide bonds. The highest BCUT2D eigenvalue weighted by molar-refractivity contribution is 7.92. The van der Waals surface area contributed by atoms with Crippen LogP contribution in [0.5, 0.6) is 0 Å². The second-order valence-corrected chi connectivity index (χ2v) is 8.43. The Labute approximate surface area is 173 Å². The minimum Gasteiger partial charge on any atom is -0.348 e. The Bertz CT molecular complexity index is 1170. The molecule has 0 saturated carbocycles. The highest BCUT2D eigenvalue weighted by atomic mass is 35.5. The number of benzene rings is 3. The molecule has 0 fully saturated rings. The minimum atomic E-state index is -4.07. The molecule has 0 spiro atoms. The van der Waals surface area contributed by atoms with E-state index in [9.17, 15) is 17.6 Å². The first-order valence-electron chi connectivity index (χ1n) is 8.67. The molecule has 150 valence electrons. The van der Waals surface area contributed by atoms with Crippen LogP contribution in [0.15, 0.2) is 71.6 Å². The van der Waals surface area contributed by atoms with Crippen molar-refractivity contribution in [1.82, 2.24) is 5.32 Å². The number of carbonyl (C=O) groups is 1. The molecule has 0 atom stereocenters. The summed E-state index contributed by atoms with van der Waals surface area (Å²) >= 11 is 6.09. The molecule has 0 radical (unpaired) electrons. The van der Waals surface area contributed by atoms with Crippen LogP contribution in [0.1, 0.15) is 21.5 Å². The summed E-state index contributed by atoms with van der Waals surface area (Å²) in [6.07, 6.45) is 0. The molecule has 0 aliphatic heterocycles. The number of halogens is 2. The first-order chi connectivity index (χ1) is 13.8. The van der Waals surface area contributed by atoms with Gasteiger partial charge in [-0.05, 0) is 48.4 Å². The Morgan fingerprint density at radius 1 is 1.03 bits per heavy atom. The third-order valence-corrected chi connectivity index (χ3v) is 6.01. The number of amides is 1. The zero-order valence-electron chi connectivity index (χ0n) is 15.4. The zero-order chi connectivity index (χ0) is 21.0. The van der Waals surface area contributed by atoms with Crippen LogP contribution in [0, 0.1) is 12.7 Å². The van der Waals surface area contributed by atoms with Crippen molar-refractivity contribution in [2.45, 2.75) is 18.4 Å². The molecule has 3 rings (SSSR count). The van der Waals surface area contributed by atoms with E-state index in [4.69, 9.17) is 11.6 Å². The maximum Gasteiger partial charge on any atom is 0.262 e. The number of hydrogen-bond acceptors (Lipinski definition) is 3. The minimum absolute atomic E-state index is 0.144. The molecule has 0 saturated heterocycles. The summed E-state index contributed by atoms with van der Waals surface area (Å²) in [6.45, 7) is 1.90. The monoisotopic (exact) mass is 432 g/mol. The maximum absolute atomic E-state index is 13.8. The predicted molar refractivity (Wildman–Crippen MR) is 111 cm³/mol. The second-order valence-electron chi connectivity index (χ2n) is 6.34. The van der Waals surface area contributed by atoms with Crippen LogP contribution in [0.4, 0.5) is 10.1 Å². The van der Waals surface area contributed by atoms with E-state index in [0.717, 1.165) is 11.6 Å². The van der Waals surface area contributed by atoms with E-state index in [-0.39, 0.29) is 22.7 Å². The van der Waals surface area contributed by atoms with Crippen molar-refractivity contribution in [3.63, 3.8) is 0 Å². The van der Waals surface area contributed by atoms with Gasteiger partial charge in [0.25, 0.3) is 15.9 Å². The van der Waals surface area contributed by atoms with Gasteiger partial charge in [0.15, 0.2) is 0 Å². The van der Waals surface area contributed by atoms with Crippen LogP contribution in [0.3, 0.4) is 0 Å². The van der Waals surface area contributed by atoms with Crippen molar-refractivity contribution in [2.24, 2.45) is 0 Å². The van der Waals surface area contributed by atoms with Gasteiger partial charge in [0, 0.05) is 17.1 Å². The van der Waals surface area contributed by atoms with Crippen molar-refractivity contribution in [3.05, 3.63) is 94.3 Å². The Morgan fingerprint density at radius 3 is 2.45 bits per heavy atom. The third-order valence-electron chi connectivity index (χ3n) is 4.28. The van der Waals surface area contributed by atoms with Gasteiger partial charge in [0.05, 0.1) is 10.6 Å². The number of carbonyl (C=O) groups excluding carboxylic acids is 1. The number of nitrogens with one attached hydrogen (secondary N) is 2. The lowest BCUT2D eigenvalue weighted by atomic mass is 10.1. The average molecular weight is 433 g/mol. The van der Waals surface area contributed by atoms with Crippen LogP contribution >= 0.6 is 11.6 Å². The molecular formula is C21H18ClFN2O3S. The van der Waals surface area contributed by atoms with Gasteiger partial charge in [-0.25, -0.2) is 12.8 Å². The lowest BCUT2D eigenvalue weighted by Gasteiger charge is -2.12. The number of anilines is 1. The van der Waals surface area contributed by atoms with Crippen LogP contribution in [-0.2, 0) is 16.6 Å². The largest absolute Gasteiger partial charge is 0.348 e. The summed E-state index contributed by atoms with van der Waals surface area (Å²) in [5, 5.41) is 3.26. The van der Waals surface area contributed by atoms with Crippen molar-refractivity contribution in [3.8, 4) is 0 Å². The number of sulfonamides is 1. The predicted octanol–water partition coefficient (Wildman–Crippen LogP) is 4.52. The van der Waals surface area contributed by atoms with Gasteiger partial charge < -0.3 is 5.32 Å². The second kappa shape index (κ2) is 8.63. The number of hydrogen-bond donors (Lipinski definition) is 2. The van der Waals surface area contributed by atoms with Crippen LogP contribution in [-0.4, -0.2) is 14.3 Å². The number of aryl methyl sites for hydroxylation is 1. The van der Waals surface area contributed by atoms with E-state index in [1.54, 1.807) is 31.2 Å². The fraction of sp³-hybridized carbons (Fsp3) is 0.0952. The lowest BCUT2D eigenvalue weighted by Crippen LogP contribution is -2.24. The maximum atomic E-state index is 13.8. The van der Waals surface area contributed by atoms with Gasteiger partial charge in [-0.1, -0.05) is 48.0 Å². The van der Waals surface area contributed by atoms with E-state index >= 15 is 0 Å². The quantitative estimate of drug-likeness (QED) is 0.601. The molecule has 0 aromatic heterocycles. The number of rotatable bonds is 6. The van der Waals surface area contributed by atoms with Crippen molar-refractivity contribution in [2.75, 3.05) is 4.72 Å². The zero-order valence-corrected chi connectivity index (χ0v) is 17.0. The van der Waals surface area contributed by atoms with Crippen LogP contribution < -0.4 is 10.0 Å². The van der Waals surface area contributed by atoms with Crippen LogP contribution in [0.25, 0.3) is 0 Å². The van der Waals surface area contributed by atoms with Crippen molar-refractivity contribution >= 4 is 33.2 Å². The van der Waals surface area contributed by atoms with Gasteiger partial charge in [-0.3, -0.25) is 9.52 Å². The van der Waals surface area contributed by atoms with Crippen molar-refractivity contribution < 1.29 is 17.6 Å². The SMILES string of the molecule is Cc1ccc(S(=O)(=O)Nc2ccccc2F)cc1C(=O)NCc1ccccc1Cl. The highest BCUT2D eigenvalue weighted by Gasteiger charge is 2.19. The molecule has 0 bridgehead atoms. The Morgan fingerprint density at radius 2 is 1.72 bits per heavy atom. The molecule has 3 aromatic carbocycles. The number of para-hydroxylation sites is 1. The molecule has 0 aliphatic carbocycles. The Hall–Kier alpha value is -2.90. The Balaban J connectivity index is 1.82. The molecule has 0 aliphatic rings. The molecule has 0 unspecified atom stereocenters. The summed E-state index contributed by atoms with van der Waals surface area (Å²) in [7, 11) is -4.07. The summed E-state index contributed by atoms with van der Waals surface area (Å²) in [5.74, 6) is -1.13. The molecule has 8 heteroatoms. The van der Waals surface area contributed by atoms with E-state index in [1.165, 1.54) is 36.4 Å². The normalized spacial score (nSPS) is 11.1. The van der Waals surface area contributed by atoms with E-state index < -0.39 is 21.7 Å². The average Bonchev–Trinajstić information content (AvgIpc) is 2.69. The molecule has 0 heterocycles. The third kappa shape index (κ3) is 4.93. The van der Waals surface area contributed by atoms with E-state index in [2.05, 4.69) is 10.0 Å². The molecule has 2 N–H and O–H groups in total. The van der Waals surface area contributed by atoms with Gasteiger partial charge >= 0.3 is 0 Å². The van der Waals surface area contributed by atoms with Gasteiger partial charge in [0.2, 0.25) is 0 Å². The first kappa shape index (κ1) is 20.8. The standard InChI is InChI=1S/C21H18ClFN2O3S/c1-14-10-11-16(29(27,28)25-20-9-5-4-8-19(20)23)12-17(14)21(26)24-13-15-6-2-3-7-18(15)22/h2-12,25H,13H2,1H3,(H,24,26). The van der Waals surface area contributed by atoms with Crippen molar-refractivity contribution in [1.29, 1.82) is 0 Å². The topological polar surface area (TPSA) is 75.3 Å². The summed E-state index contributed by atoms with van der Waals surface area (Å²) in [5.41, 5.74) is 1.38. The first-order valence-corrected chi connectivity index (χ1v) is 10.5. The Kier molecular flexibility index (Phi) is 6.20. The van der Waals surface area contributed by atoms with E-state index in [1.807, 2.05) is 0 Å². The summed E-state index contributed by atoms with van der Waals surface area (Å²) in [6, 6.07) is 16.7. The summed E-state index contributed by atoms with van der Waals surface area (Å²) < 4.78 is 41.3. The van der Waals surface area contributed by atoms with Gasteiger partial charge in [0.1, 0.15) is 5.82 Å². The fourth-order valence-electron chi connectivity index (χ4n) is 2.67. The van der Waals surface area contributed by atoms with Gasteiger partial charge in [-0.2, -0.15) is 0 Å². The van der Waals surface area contributed by atoms with Crippen LogP contribution in [0.2, 0.25) is 5.02 Å². The molecular weight excluding hydrogens is 415 g/mol. The van der Waals surface area contributed by atoms with E-state index in [0.29, 0.717) is 10.6 Å². The summed E-state index contributed by atoms with van der Waals surface area (Å²) in [4.78, 5) is 12.5. The smallest absolute Gasteiger partial charge is 0.262 e. The lowest BCUT2D eigenvalue weighted by molar-refractivity contribution is 0.0950.